The summed E-state index contributed by atoms with van der Waals surface area (Å²) in [5.41, 5.74) is 14.2. The van der Waals surface area contributed by atoms with Crippen LogP contribution in [0, 0.1) is 0 Å². The van der Waals surface area contributed by atoms with Crippen LogP contribution in [0.1, 0.15) is 5.56 Å². The van der Waals surface area contributed by atoms with Crippen molar-refractivity contribution in [1.82, 2.24) is 5.10 Å². The molecule has 1 aromatic heterocycles. The summed E-state index contributed by atoms with van der Waals surface area (Å²) in [7, 11) is 1.64. The first kappa shape index (κ1) is 16.3. The second-order valence-electron chi connectivity index (χ2n) is 5.25. The van der Waals surface area contributed by atoms with Gasteiger partial charge in [-0.25, -0.2) is 0 Å². The van der Waals surface area contributed by atoms with Crippen molar-refractivity contribution in [3.05, 3.63) is 66.4 Å². The number of ether oxygens (including phenoxy) is 1. The fourth-order valence-electron chi connectivity index (χ4n) is 2.47. The summed E-state index contributed by atoms with van der Waals surface area (Å²) < 4.78 is 7.37. The summed E-state index contributed by atoms with van der Waals surface area (Å²) in [6.45, 7) is 0. The SMILES string of the molecule is COc1ccccc1-c1[nH][n+](-c2ccccc2)cc1/C=N/N=C(N)N. The first-order chi connectivity index (χ1) is 12.2. The molecule has 0 unspecified atom stereocenters. The zero-order valence-corrected chi connectivity index (χ0v) is 13.8. The molecule has 7 nitrogen and oxygen atoms in total. The summed E-state index contributed by atoms with van der Waals surface area (Å²) in [4.78, 5) is 0. The molecule has 126 valence electrons. The fraction of sp³-hybridized carbons (Fsp3) is 0.0556. The van der Waals surface area contributed by atoms with Gasteiger partial charge in [0, 0.05) is 17.7 Å². The Balaban J connectivity index is 2.13. The van der Waals surface area contributed by atoms with Gasteiger partial charge in [0.15, 0.2) is 0 Å². The number of aromatic nitrogens is 2. The third kappa shape index (κ3) is 3.66. The van der Waals surface area contributed by atoms with Crippen LogP contribution in [0.2, 0.25) is 0 Å². The first-order valence-corrected chi connectivity index (χ1v) is 7.64. The van der Waals surface area contributed by atoms with Gasteiger partial charge in [0.25, 0.3) is 0 Å². The van der Waals surface area contributed by atoms with Crippen molar-refractivity contribution in [2.75, 3.05) is 7.11 Å². The van der Waals surface area contributed by atoms with E-state index in [1.807, 2.05) is 65.5 Å². The number of aromatic amines is 1. The molecule has 3 aromatic rings. The van der Waals surface area contributed by atoms with Gasteiger partial charge in [0.1, 0.15) is 11.4 Å². The predicted molar refractivity (Wildman–Crippen MR) is 97.7 cm³/mol. The van der Waals surface area contributed by atoms with Gasteiger partial charge in [-0.3, -0.25) is 0 Å². The van der Waals surface area contributed by atoms with Crippen molar-refractivity contribution in [1.29, 1.82) is 0 Å². The molecule has 0 fully saturated rings. The number of nitrogens with two attached hydrogens (primary N) is 2. The molecule has 0 aliphatic carbocycles. The maximum Gasteiger partial charge on any atom is 0.235 e. The average Bonchev–Trinajstić information content (AvgIpc) is 3.06. The number of para-hydroxylation sites is 2. The van der Waals surface area contributed by atoms with E-state index in [0.29, 0.717) is 0 Å². The molecule has 0 amide bonds. The highest BCUT2D eigenvalue weighted by Crippen LogP contribution is 2.29. The third-order valence-corrected chi connectivity index (χ3v) is 3.57. The van der Waals surface area contributed by atoms with E-state index in [0.717, 1.165) is 28.3 Å². The highest BCUT2D eigenvalue weighted by Gasteiger charge is 2.19. The van der Waals surface area contributed by atoms with Crippen LogP contribution < -0.4 is 20.9 Å². The molecule has 0 aliphatic heterocycles. The van der Waals surface area contributed by atoms with Crippen LogP contribution in [0.3, 0.4) is 0 Å². The van der Waals surface area contributed by atoms with Crippen LogP contribution in [0.25, 0.3) is 16.9 Å². The third-order valence-electron chi connectivity index (χ3n) is 3.57. The quantitative estimate of drug-likeness (QED) is 0.285. The standard InChI is InChI=1S/C18H18N6O/c1-25-16-10-6-5-9-15(16)17-13(11-21-22-18(19)20)12-24(23-17)14-7-3-2-4-8-14/h2-12H,1H3,(H4,19,20,22)/p+1/b21-11+. The van der Waals surface area contributed by atoms with E-state index >= 15 is 0 Å². The van der Waals surface area contributed by atoms with E-state index in [1.54, 1.807) is 13.3 Å². The van der Waals surface area contributed by atoms with Crippen molar-refractivity contribution < 1.29 is 9.42 Å². The van der Waals surface area contributed by atoms with Gasteiger partial charge in [-0.2, -0.15) is 10.2 Å². The highest BCUT2D eigenvalue weighted by atomic mass is 16.5. The van der Waals surface area contributed by atoms with Crippen LogP contribution in [0.4, 0.5) is 0 Å². The highest BCUT2D eigenvalue weighted by molar-refractivity contribution is 5.89. The molecule has 7 heteroatoms. The molecular formula is C18H19N6O+. The lowest BCUT2D eigenvalue weighted by molar-refractivity contribution is -0.654. The number of guanidine groups is 1. The molecule has 0 saturated carbocycles. The van der Waals surface area contributed by atoms with Gasteiger partial charge in [-0.05, 0) is 12.1 Å². The molecule has 0 atom stereocenters. The molecule has 1 heterocycles. The molecule has 5 N–H and O–H groups in total. The molecule has 0 saturated heterocycles. The van der Waals surface area contributed by atoms with Gasteiger partial charge >= 0.3 is 0 Å². The van der Waals surface area contributed by atoms with Gasteiger partial charge in [-0.15, -0.1) is 5.10 Å². The normalized spacial score (nSPS) is 10.8. The zero-order chi connectivity index (χ0) is 17.6. The van der Waals surface area contributed by atoms with Crippen molar-refractivity contribution in [2.24, 2.45) is 21.7 Å². The molecule has 25 heavy (non-hydrogen) atoms. The van der Waals surface area contributed by atoms with E-state index < -0.39 is 0 Å². The van der Waals surface area contributed by atoms with Crippen LogP contribution >= 0.6 is 0 Å². The average molecular weight is 335 g/mol. The number of nitrogens with one attached hydrogen (secondary N) is 1. The molecule has 0 radical (unpaired) electrons. The molecular weight excluding hydrogens is 316 g/mol. The minimum Gasteiger partial charge on any atom is -0.496 e. The summed E-state index contributed by atoms with van der Waals surface area (Å²) in [5, 5.41) is 11.0. The zero-order valence-electron chi connectivity index (χ0n) is 13.8. The van der Waals surface area contributed by atoms with Gasteiger partial charge < -0.3 is 16.2 Å². The summed E-state index contributed by atoms with van der Waals surface area (Å²) >= 11 is 0. The largest absolute Gasteiger partial charge is 0.496 e. The Labute approximate surface area is 145 Å². The lowest BCUT2D eigenvalue weighted by Gasteiger charge is -2.05. The lowest BCUT2D eigenvalue weighted by Crippen LogP contribution is -2.31. The van der Waals surface area contributed by atoms with E-state index in [9.17, 15) is 0 Å². The van der Waals surface area contributed by atoms with Crippen LogP contribution in [0.15, 0.2) is 71.0 Å². The number of methoxy groups -OCH3 is 1. The number of hydrogen-bond acceptors (Lipinski definition) is 3. The Morgan fingerprint density at radius 2 is 1.80 bits per heavy atom. The minimum atomic E-state index is -0.0958. The Bertz CT molecular complexity index is 910. The number of nitrogens with zero attached hydrogens (tertiary/aromatic N) is 3. The first-order valence-electron chi connectivity index (χ1n) is 7.64. The lowest BCUT2D eigenvalue weighted by atomic mass is 10.1. The summed E-state index contributed by atoms with van der Waals surface area (Å²) in [6, 6.07) is 17.6. The topological polar surface area (TPSA) is 106 Å². The summed E-state index contributed by atoms with van der Waals surface area (Å²) in [6.07, 6.45) is 3.51. The monoisotopic (exact) mass is 335 g/mol. The maximum absolute atomic E-state index is 5.47. The predicted octanol–water partition coefficient (Wildman–Crippen LogP) is 1.57. The summed E-state index contributed by atoms with van der Waals surface area (Å²) in [5.74, 6) is 0.655. The van der Waals surface area contributed by atoms with Gasteiger partial charge in [0.05, 0.1) is 18.9 Å². The van der Waals surface area contributed by atoms with Gasteiger partial charge in [-0.1, -0.05) is 35.0 Å². The number of benzene rings is 2. The van der Waals surface area contributed by atoms with E-state index in [1.165, 1.54) is 0 Å². The molecule has 0 aliphatic rings. The van der Waals surface area contributed by atoms with Crippen LogP contribution in [-0.4, -0.2) is 24.4 Å². The van der Waals surface area contributed by atoms with Crippen molar-refractivity contribution in [2.45, 2.75) is 0 Å². The van der Waals surface area contributed by atoms with E-state index in [2.05, 4.69) is 15.3 Å². The molecule has 0 spiro atoms. The Hall–Kier alpha value is -3.61. The maximum atomic E-state index is 5.47. The van der Waals surface area contributed by atoms with Crippen molar-refractivity contribution >= 4 is 12.2 Å². The molecule has 3 rings (SSSR count). The Kier molecular flexibility index (Phi) is 4.75. The second-order valence-corrected chi connectivity index (χ2v) is 5.25. The number of rotatable bonds is 5. The Morgan fingerprint density at radius 3 is 2.52 bits per heavy atom. The fourth-order valence-corrected chi connectivity index (χ4v) is 2.47. The van der Waals surface area contributed by atoms with E-state index in [4.69, 9.17) is 16.2 Å². The second kappa shape index (κ2) is 7.31. The van der Waals surface area contributed by atoms with Crippen LogP contribution in [-0.2, 0) is 0 Å². The van der Waals surface area contributed by atoms with Gasteiger partial charge in [0.2, 0.25) is 17.8 Å². The molecule has 2 aromatic carbocycles. The molecule has 0 bridgehead atoms. The minimum absolute atomic E-state index is 0.0958. The number of hydrogen-bond donors (Lipinski definition) is 3. The van der Waals surface area contributed by atoms with Crippen LogP contribution in [0.5, 0.6) is 5.75 Å². The smallest absolute Gasteiger partial charge is 0.235 e. The van der Waals surface area contributed by atoms with Crippen molar-refractivity contribution in [3.63, 3.8) is 0 Å². The number of H-pyrrole nitrogens is 1. The Morgan fingerprint density at radius 1 is 1.08 bits per heavy atom. The van der Waals surface area contributed by atoms with Crippen molar-refractivity contribution in [3.8, 4) is 22.7 Å². The van der Waals surface area contributed by atoms with E-state index in [-0.39, 0.29) is 5.96 Å².